The normalized spacial score (nSPS) is 17.0. The number of carboxylic acid groups (broad SMARTS) is 1. The molecule has 0 aromatic carbocycles. The molecule has 1 unspecified atom stereocenters. The molecule has 29 heavy (non-hydrogen) atoms. The molecule has 4 aromatic rings. The third-order valence-electron chi connectivity index (χ3n) is 5.25. The van der Waals surface area contributed by atoms with Crippen molar-refractivity contribution in [2.75, 3.05) is 0 Å². The van der Waals surface area contributed by atoms with E-state index in [-0.39, 0.29) is 11.0 Å². The van der Waals surface area contributed by atoms with E-state index >= 15 is 0 Å². The van der Waals surface area contributed by atoms with Gasteiger partial charge in [0.25, 0.3) is 0 Å². The quantitative estimate of drug-likeness (QED) is 0.517. The first-order valence-corrected chi connectivity index (χ1v) is 9.50. The van der Waals surface area contributed by atoms with Gasteiger partial charge >= 0.3 is 5.97 Å². The summed E-state index contributed by atoms with van der Waals surface area (Å²) in [4.78, 5) is 27.9. The molecule has 1 aliphatic carbocycles. The second kappa shape index (κ2) is 6.66. The zero-order chi connectivity index (χ0) is 20.1. The summed E-state index contributed by atoms with van der Waals surface area (Å²) < 4.78 is 16.2. The molecule has 0 bridgehead atoms. The topological polar surface area (TPSA) is 96.7 Å². The number of fused-ring (bicyclic) bond motifs is 2. The molecule has 146 valence electrons. The number of aromatic nitrogens is 5. The first kappa shape index (κ1) is 17.8. The minimum absolute atomic E-state index is 0.250. The first-order chi connectivity index (χ1) is 14.0. The van der Waals surface area contributed by atoms with Crippen molar-refractivity contribution in [2.24, 2.45) is 0 Å². The van der Waals surface area contributed by atoms with Crippen LogP contribution in [0.2, 0.25) is 5.02 Å². The van der Waals surface area contributed by atoms with Crippen molar-refractivity contribution in [1.82, 2.24) is 24.5 Å². The molecular formula is C20H15ClFN5O2. The fraction of sp³-hybridized carbons (Fsp3) is 0.200. The van der Waals surface area contributed by atoms with Gasteiger partial charge in [-0.05, 0) is 25.3 Å². The lowest BCUT2D eigenvalue weighted by atomic mass is 9.94. The number of carboxylic acids is 1. The summed E-state index contributed by atoms with van der Waals surface area (Å²) in [5, 5.41) is 11.0. The van der Waals surface area contributed by atoms with E-state index in [4.69, 9.17) is 11.6 Å². The van der Waals surface area contributed by atoms with Crippen molar-refractivity contribution in [3.05, 3.63) is 53.3 Å². The minimum Gasteiger partial charge on any atom is -0.478 e. The summed E-state index contributed by atoms with van der Waals surface area (Å²) in [7, 11) is 0. The molecule has 0 aliphatic heterocycles. The van der Waals surface area contributed by atoms with Crippen molar-refractivity contribution in [3.63, 3.8) is 0 Å². The van der Waals surface area contributed by atoms with Crippen LogP contribution in [-0.4, -0.2) is 35.6 Å². The van der Waals surface area contributed by atoms with Gasteiger partial charge in [0.2, 0.25) is 0 Å². The maximum atomic E-state index is 14.6. The van der Waals surface area contributed by atoms with Crippen molar-refractivity contribution in [3.8, 4) is 11.4 Å². The van der Waals surface area contributed by atoms with Gasteiger partial charge in [0.05, 0.1) is 22.0 Å². The van der Waals surface area contributed by atoms with Gasteiger partial charge < -0.3 is 14.7 Å². The van der Waals surface area contributed by atoms with Gasteiger partial charge in [-0.3, -0.25) is 0 Å². The van der Waals surface area contributed by atoms with Gasteiger partial charge in [0.15, 0.2) is 11.6 Å². The maximum Gasteiger partial charge on any atom is 0.333 e. The Hall–Kier alpha value is -3.26. The zero-order valence-electron chi connectivity index (χ0n) is 15.1. The fourth-order valence-electron chi connectivity index (χ4n) is 3.90. The lowest BCUT2D eigenvalue weighted by molar-refractivity contribution is -0.133. The summed E-state index contributed by atoms with van der Waals surface area (Å²) in [6.07, 6.45) is 9.83. The van der Waals surface area contributed by atoms with Gasteiger partial charge in [-0.1, -0.05) is 17.7 Å². The molecule has 0 fully saturated rings. The highest BCUT2D eigenvalue weighted by Crippen LogP contribution is 2.34. The van der Waals surface area contributed by atoms with Crippen LogP contribution in [0.3, 0.4) is 0 Å². The van der Waals surface area contributed by atoms with Crippen molar-refractivity contribution >= 4 is 39.6 Å². The van der Waals surface area contributed by atoms with E-state index in [0.717, 1.165) is 11.8 Å². The van der Waals surface area contributed by atoms with Gasteiger partial charge in [-0.15, -0.1) is 0 Å². The molecule has 5 rings (SSSR count). The second-order valence-corrected chi connectivity index (χ2v) is 7.42. The standard InChI is InChI=1S/C20H15ClFN5O2/c21-10-5-12-13(7-24-17(12)23-6-10)18-25-8-14-15(22)9-27(19(14)26-18)16-4-2-1-3-11(16)20(28)29/h3,5-9,16H,1-2,4H2,(H,23,24)(H,28,29). The van der Waals surface area contributed by atoms with Crippen LogP contribution in [-0.2, 0) is 4.79 Å². The monoisotopic (exact) mass is 411 g/mol. The maximum absolute atomic E-state index is 14.6. The van der Waals surface area contributed by atoms with E-state index in [1.807, 2.05) is 0 Å². The number of aromatic amines is 1. The smallest absolute Gasteiger partial charge is 0.333 e. The number of hydrogen-bond donors (Lipinski definition) is 2. The average Bonchev–Trinajstić information content (AvgIpc) is 3.28. The molecule has 9 heteroatoms. The number of H-pyrrole nitrogens is 1. The summed E-state index contributed by atoms with van der Waals surface area (Å²) in [6.45, 7) is 0. The minimum atomic E-state index is -0.997. The fourth-order valence-corrected chi connectivity index (χ4v) is 4.06. The second-order valence-electron chi connectivity index (χ2n) is 6.98. The van der Waals surface area contributed by atoms with E-state index in [1.165, 1.54) is 18.6 Å². The van der Waals surface area contributed by atoms with E-state index in [1.54, 1.807) is 22.9 Å². The number of pyridine rings is 1. The lowest BCUT2D eigenvalue weighted by Crippen LogP contribution is -2.20. The molecule has 4 heterocycles. The van der Waals surface area contributed by atoms with Gasteiger partial charge in [-0.25, -0.2) is 24.1 Å². The Labute approximate surface area is 168 Å². The largest absolute Gasteiger partial charge is 0.478 e. The number of hydrogen-bond acceptors (Lipinski definition) is 4. The molecule has 1 aliphatic rings. The van der Waals surface area contributed by atoms with Crippen molar-refractivity contribution in [1.29, 1.82) is 0 Å². The molecular weight excluding hydrogens is 397 g/mol. The SMILES string of the molecule is O=C(O)C1=CCCCC1n1cc(F)c2cnc(-c3c[nH]c4ncc(Cl)cc34)nc21. The predicted molar refractivity (Wildman–Crippen MR) is 106 cm³/mol. The van der Waals surface area contributed by atoms with Crippen LogP contribution >= 0.6 is 11.6 Å². The average molecular weight is 412 g/mol. The van der Waals surface area contributed by atoms with Crippen molar-refractivity contribution in [2.45, 2.75) is 25.3 Å². The van der Waals surface area contributed by atoms with Gasteiger partial charge in [0.1, 0.15) is 11.3 Å². The van der Waals surface area contributed by atoms with Crippen LogP contribution in [0.15, 0.2) is 42.5 Å². The van der Waals surface area contributed by atoms with E-state index in [2.05, 4.69) is 19.9 Å². The highest BCUT2D eigenvalue weighted by Gasteiger charge is 2.27. The number of aliphatic carboxylic acids is 1. The number of allylic oxidation sites excluding steroid dienone is 1. The Morgan fingerprint density at radius 3 is 3.00 bits per heavy atom. The molecule has 0 saturated heterocycles. The van der Waals surface area contributed by atoms with Crippen molar-refractivity contribution < 1.29 is 14.3 Å². The van der Waals surface area contributed by atoms with Crippen LogP contribution in [0.1, 0.15) is 25.3 Å². The number of nitrogens with one attached hydrogen (secondary N) is 1. The molecule has 0 radical (unpaired) electrons. The van der Waals surface area contributed by atoms with Crippen LogP contribution in [0.5, 0.6) is 0 Å². The number of carbonyl (C=O) groups is 1. The van der Waals surface area contributed by atoms with Crippen LogP contribution in [0, 0.1) is 5.82 Å². The Kier molecular flexibility index (Phi) is 4.09. The molecule has 2 N–H and O–H groups in total. The molecule has 0 amide bonds. The Morgan fingerprint density at radius 2 is 2.17 bits per heavy atom. The summed E-state index contributed by atoms with van der Waals surface area (Å²) in [5.74, 6) is -1.10. The number of rotatable bonds is 3. The molecule has 7 nitrogen and oxygen atoms in total. The molecule has 4 aromatic heterocycles. The van der Waals surface area contributed by atoms with Crippen LogP contribution in [0.4, 0.5) is 4.39 Å². The van der Waals surface area contributed by atoms with Crippen LogP contribution < -0.4 is 0 Å². The highest BCUT2D eigenvalue weighted by molar-refractivity contribution is 6.31. The first-order valence-electron chi connectivity index (χ1n) is 9.12. The Bertz CT molecular complexity index is 1310. The van der Waals surface area contributed by atoms with Crippen LogP contribution in [0.25, 0.3) is 33.5 Å². The zero-order valence-corrected chi connectivity index (χ0v) is 15.8. The predicted octanol–water partition coefficient (Wildman–Crippen LogP) is 4.50. The van der Waals surface area contributed by atoms with E-state index in [0.29, 0.717) is 40.5 Å². The molecule has 1 atom stereocenters. The summed E-state index contributed by atoms with van der Waals surface area (Å²) in [5.41, 5.74) is 1.94. The molecule has 0 spiro atoms. The highest BCUT2D eigenvalue weighted by atomic mass is 35.5. The Morgan fingerprint density at radius 1 is 1.31 bits per heavy atom. The number of nitrogens with zero attached hydrogens (tertiary/aromatic N) is 4. The van der Waals surface area contributed by atoms with E-state index < -0.39 is 17.8 Å². The van der Waals surface area contributed by atoms with E-state index in [9.17, 15) is 14.3 Å². The summed E-state index contributed by atoms with van der Waals surface area (Å²) >= 11 is 6.07. The number of halogens is 2. The van der Waals surface area contributed by atoms with Gasteiger partial charge in [-0.2, -0.15) is 0 Å². The Balaban J connectivity index is 1.70. The van der Waals surface area contributed by atoms with Gasteiger partial charge in [0, 0.05) is 35.7 Å². The third kappa shape index (κ3) is 2.87. The lowest BCUT2D eigenvalue weighted by Gasteiger charge is -2.23. The third-order valence-corrected chi connectivity index (χ3v) is 5.46. The molecule has 0 saturated carbocycles. The summed E-state index contributed by atoms with van der Waals surface area (Å²) in [6, 6.07) is 1.28.